The number of rotatable bonds is 10. The van der Waals surface area contributed by atoms with Crippen LogP contribution in [0.15, 0.2) is 30.3 Å². The first kappa shape index (κ1) is 23.5. The highest BCUT2D eigenvalue weighted by Gasteiger charge is 2.25. The number of hydrogen-bond acceptors (Lipinski definition) is 3. The number of benzene rings is 2. The first-order chi connectivity index (χ1) is 15.0. The highest BCUT2D eigenvalue weighted by atomic mass is 19.2. The van der Waals surface area contributed by atoms with Gasteiger partial charge in [-0.3, -0.25) is 0 Å². The number of unbranched alkanes of at least 4 members (excludes halogenated alkanes) is 3. The van der Waals surface area contributed by atoms with Crippen LogP contribution in [0.4, 0.5) is 13.2 Å². The quantitative estimate of drug-likeness (QED) is 0.379. The van der Waals surface area contributed by atoms with Crippen LogP contribution >= 0.6 is 0 Å². The molecule has 2 unspecified atom stereocenters. The molecular weight excluding hydrogens is 405 g/mol. The third-order valence-corrected chi connectivity index (χ3v) is 5.67. The minimum Gasteiger partial charge on any atom is -0.491 e. The zero-order chi connectivity index (χ0) is 22.2. The van der Waals surface area contributed by atoms with E-state index in [1.807, 2.05) is 6.07 Å². The van der Waals surface area contributed by atoms with E-state index < -0.39 is 11.6 Å². The van der Waals surface area contributed by atoms with E-state index in [9.17, 15) is 13.2 Å². The van der Waals surface area contributed by atoms with Crippen LogP contribution in [0.3, 0.4) is 0 Å². The third kappa shape index (κ3) is 6.39. The number of hydrogen-bond donors (Lipinski definition) is 0. The lowest BCUT2D eigenvalue weighted by molar-refractivity contribution is -0.0290. The molecule has 0 N–H and O–H groups in total. The summed E-state index contributed by atoms with van der Waals surface area (Å²) in [4.78, 5) is 0. The van der Waals surface area contributed by atoms with Crippen LogP contribution in [-0.4, -0.2) is 19.8 Å². The van der Waals surface area contributed by atoms with E-state index in [1.165, 1.54) is 25.1 Å². The SMILES string of the molecule is CCCCCCOc1ccc(C2CCC(COc3ccc(C)c(F)c3F)CO2)cc1F. The maximum Gasteiger partial charge on any atom is 0.200 e. The van der Waals surface area contributed by atoms with Crippen LogP contribution < -0.4 is 9.47 Å². The topological polar surface area (TPSA) is 27.7 Å². The molecule has 1 aliphatic rings. The Morgan fingerprint density at radius 3 is 2.45 bits per heavy atom. The molecule has 2 aromatic rings. The molecule has 0 amide bonds. The van der Waals surface area contributed by atoms with E-state index in [-0.39, 0.29) is 41.5 Å². The van der Waals surface area contributed by atoms with E-state index in [2.05, 4.69) is 6.92 Å². The molecule has 2 atom stereocenters. The zero-order valence-corrected chi connectivity index (χ0v) is 18.3. The first-order valence-corrected chi connectivity index (χ1v) is 11.1. The van der Waals surface area contributed by atoms with Gasteiger partial charge in [-0.25, -0.2) is 8.78 Å². The van der Waals surface area contributed by atoms with Gasteiger partial charge in [0.05, 0.1) is 25.9 Å². The Hall–Kier alpha value is -2.21. The van der Waals surface area contributed by atoms with Gasteiger partial charge in [0.2, 0.25) is 5.82 Å². The lowest BCUT2D eigenvalue weighted by atomic mass is 9.95. The second kappa shape index (κ2) is 11.4. The van der Waals surface area contributed by atoms with E-state index in [1.54, 1.807) is 6.07 Å². The molecule has 2 aromatic carbocycles. The Kier molecular flexibility index (Phi) is 8.64. The summed E-state index contributed by atoms with van der Waals surface area (Å²) < 4.78 is 58.9. The van der Waals surface area contributed by atoms with Crippen molar-refractivity contribution in [2.75, 3.05) is 19.8 Å². The molecular formula is C25H31F3O3. The Bertz CT molecular complexity index is 848. The molecule has 0 aliphatic carbocycles. The van der Waals surface area contributed by atoms with Crippen LogP contribution in [0.25, 0.3) is 0 Å². The summed E-state index contributed by atoms with van der Waals surface area (Å²) in [6.45, 7) is 4.83. The first-order valence-electron chi connectivity index (χ1n) is 11.1. The summed E-state index contributed by atoms with van der Waals surface area (Å²) in [5, 5.41) is 0. The van der Waals surface area contributed by atoms with E-state index in [0.29, 0.717) is 19.6 Å². The van der Waals surface area contributed by atoms with Crippen molar-refractivity contribution in [2.45, 2.75) is 58.5 Å². The van der Waals surface area contributed by atoms with Gasteiger partial charge in [0.1, 0.15) is 0 Å². The molecule has 3 nitrogen and oxygen atoms in total. The van der Waals surface area contributed by atoms with Crippen LogP contribution in [0.5, 0.6) is 11.5 Å². The van der Waals surface area contributed by atoms with E-state index in [0.717, 1.165) is 37.7 Å². The predicted octanol–water partition coefficient (Wildman–Crippen LogP) is 6.92. The predicted molar refractivity (Wildman–Crippen MR) is 114 cm³/mol. The van der Waals surface area contributed by atoms with Crippen molar-refractivity contribution in [1.82, 2.24) is 0 Å². The van der Waals surface area contributed by atoms with Gasteiger partial charge in [0.25, 0.3) is 0 Å². The standard InChI is InChI=1S/C25H31F3O3/c1-3-4-5-6-13-29-22-12-9-19(14-20(22)26)21-11-8-18(15-30-21)16-31-23-10-7-17(2)24(27)25(23)28/h7,9-10,12,14,18,21H,3-6,8,11,13,15-16H2,1-2H3. The van der Waals surface area contributed by atoms with Gasteiger partial charge in [-0.15, -0.1) is 0 Å². The molecule has 6 heteroatoms. The van der Waals surface area contributed by atoms with Gasteiger partial charge < -0.3 is 14.2 Å². The second-order valence-electron chi connectivity index (χ2n) is 8.18. The summed E-state index contributed by atoms with van der Waals surface area (Å²) in [6, 6.07) is 7.92. The highest BCUT2D eigenvalue weighted by molar-refractivity contribution is 5.31. The fourth-order valence-corrected chi connectivity index (χ4v) is 3.69. The van der Waals surface area contributed by atoms with Crippen molar-refractivity contribution in [3.63, 3.8) is 0 Å². The van der Waals surface area contributed by atoms with Gasteiger partial charge in [0, 0.05) is 5.92 Å². The summed E-state index contributed by atoms with van der Waals surface area (Å²) in [5.74, 6) is -1.97. The fourth-order valence-electron chi connectivity index (χ4n) is 3.69. The Morgan fingerprint density at radius 1 is 0.935 bits per heavy atom. The van der Waals surface area contributed by atoms with Crippen molar-refractivity contribution in [2.24, 2.45) is 5.92 Å². The van der Waals surface area contributed by atoms with Gasteiger partial charge >= 0.3 is 0 Å². The van der Waals surface area contributed by atoms with Crippen molar-refractivity contribution < 1.29 is 27.4 Å². The number of ether oxygens (including phenoxy) is 3. The molecule has 0 spiro atoms. The van der Waals surface area contributed by atoms with Crippen molar-refractivity contribution >= 4 is 0 Å². The lowest BCUT2D eigenvalue weighted by Crippen LogP contribution is -2.25. The Morgan fingerprint density at radius 2 is 1.74 bits per heavy atom. The molecule has 0 bridgehead atoms. The Labute approximate surface area is 182 Å². The van der Waals surface area contributed by atoms with Crippen LogP contribution in [0.2, 0.25) is 0 Å². The Balaban J connectivity index is 1.46. The fraction of sp³-hybridized carbons (Fsp3) is 0.520. The monoisotopic (exact) mass is 436 g/mol. The largest absolute Gasteiger partial charge is 0.491 e. The maximum absolute atomic E-state index is 14.4. The highest BCUT2D eigenvalue weighted by Crippen LogP contribution is 2.33. The zero-order valence-electron chi connectivity index (χ0n) is 18.3. The minimum atomic E-state index is -0.960. The number of halogens is 3. The molecule has 170 valence electrons. The molecule has 1 aliphatic heterocycles. The average Bonchev–Trinajstić information content (AvgIpc) is 2.78. The molecule has 0 saturated carbocycles. The normalized spacial score (nSPS) is 18.7. The second-order valence-corrected chi connectivity index (χ2v) is 8.18. The van der Waals surface area contributed by atoms with Gasteiger partial charge in [0.15, 0.2) is 23.1 Å². The summed E-state index contributed by atoms with van der Waals surface area (Å²) >= 11 is 0. The molecule has 3 rings (SSSR count). The molecule has 0 aromatic heterocycles. The van der Waals surface area contributed by atoms with E-state index in [4.69, 9.17) is 14.2 Å². The van der Waals surface area contributed by atoms with Crippen molar-refractivity contribution in [1.29, 1.82) is 0 Å². The molecule has 1 heterocycles. The van der Waals surface area contributed by atoms with Crippen LogP contribution in [0, 0.1) is 30.3 Å². The average molecular weight is 437 g/mol. The molecule has 0 radical (unpaired) electrons. The van der Waals surface area contributed by atoms with Gasteiger partial charge in [-0.1, -0.05) is 38.3 Å². The smallest absolute Gasteiger partial charge is 0.200 e. The van der Waals surface area contributed by atoms with Crippen LogP contribution in [-0.2, 0) is 4.74 Å². The summed E-state index contributed by atoms with van der Waals surface area (Å²) in [5.41, 5.74) is 1.02. The van der Waals surface area contributed by atoms with Crippen LogP contribution in [0.1, 0.15) is 62.7 Å². The van der Waals surface area contributed by atoms with Gasteiger partial charge in [-0.2, -0.15) is 4.39 Å². The minimum absolute atomic E-state index is 0.0654. The van der Waals surface area contributed by atoms with E-state index >= 15 is 0 Å². The lowest BCUT2D eigenvalue weighted by Gasteiger charge is -2.29. The summed E-state index contributed by atoms with van der Waals surface area (Å²) in [6.07, 6.45) is 5.61. The molecule has 31 heavy (non-hydrogen) atoms. The van der Waals surface area contributed by atoms with Crippen molar-refractivity contribution in [3.05, 3.63) is 58.9 Å². The molecule has 1 fully saturated rings. The summed E-state index contributed by atoms with van der Waals surface area (Å²) in [7, 11) is 0. The number of aryl methyl sites for hydroxylation is 1. The maximum atomic E-state index is 14.4. The van der Waals surface area contributed by atoms with Crippen molar-refractivity contribution in [3.8, 4) is 11.5 Å². The third-order valence-electron chi connectivity index (χ3n) is 5.67. The molecule has 1 saturated heterocycles. The van der Waals surface area contributed by atoms with Gasteiger partial charge in [-0.05, 0) is 55.5 Å².